The van der Waals surface area contributed by atoms with Crippen LogP contribution in [0.1, 0.15) is 28.9 Å². The summed E-state index contributed by atoms with van der Waals surface area (Å²) >= 11 is 0. The number of hydrogen-bond donors (Lipinski definition) is 0. The van der Waals surface area contributed by atoms with E-state index in [-0.39, 0.29) is 0 Å². The quantitative estimate of drug-likeness (QED) is 0.677. The van der Waals surface area contributed by atoms with Crippen LogP contribution < -0.4 is 0 Å². The highest BCUT2D eigenvalue weighted by molar-refractivity contribution is 5.87. The molecule has 4 heteroatoms. The summed E-state index contributed by atoms with van der Waals surface area (Å²) in [5, 5.41) is 10.3. The summed E-state index contributed by atoms with van der Waals surface area (Å²) in [7, 11) is 0. The van der Waals surface area contributed by atoms with E-state index in [0.29, 0.717) is 12.1 Å². The Labute approximate surface area is 127 Å². The van der Waals surface area contributed by atoms with E-state index in [4.69, 9.17) is 5.26 Å². The standard InChI is InChI=1S/C18H14FN3/c19-18-6-1-3-13(21-18)11-22-16-5-2-4-14(16)15-9-12(10-20)7-8-17(15)22/h1,3,6-9H,2,4-5,11H2. The van der Waals surface area contributed by atoms with Crippen molar-refractivity contribution in [3.05, 3.63) is 64.9 Å². The lowest BCUT2D eigenvalue weighted by atomic mass is 10.1. The van der Waals surface area contributed by atoms with E-state index in [2.05, 4.69) is 15.6 Å². The zero-order valence-corrected chi connectivity index (χ0v) is 12.0. The van der Waals surface area contributed by atoms with E-state index >= 15 is 0 Å². The Morgan fingerprint density at radius 3 is 2.95 bits per heavy atom. The van der Waals surface area contributed by atoms with Gasteiger partial charge in [-0.25, -0.2) is 4.98 Å². The maximum absolute atomic E-state index is 13.3. The lowest BCUT2D eigenvalue weighted by molar-refractivity contribution is 0.572. The molecule has 108 valence electrons. The molecule has 0 saturated carbocycles. The first-order chi connectivity index (χ1) is 10.8. The van der Waals surface area contributed by atoms with Gasteiger partial charge < -0.3 is 4.57 Å². The third-order valence-corrected chi connectivity index (χ3v) is 4.35. The molecule has 0 bridgehead atoms. The highest BCUT2D eigenvalue weighted by Crippen LogP contribution is 2.34. The van der Waals surface area contributed by atoms with Gasteiger partial charge in [0.15, 0.2) is 0 Å². The van der Waals surface area contributed by atoms with Gasteiger partial charge >= 0.3 is 0 Å². The zero-order chi connectivity index (χ0) is 15.1. The second kappa shape index (κ2) is 4.96. The van der Waals surface area contributed by atoms with Crippen LogP contribution in [0.4, 0.5) is 4.39 Å². The normalized spacial score (nSPS) is 13.3. The van der Waals surface area contributed by atoms with Gasteiger partial charge in [0.2, 0.25) is 5.95 Å². The number of nitriles is 1. The molecule has 3 aromatic rings. The van der Waals surface area contributed by atoms with Crippen molar-refractivity contribution < 1.29 is 4.39 Å². The lowest BCUT2D eigenvalue weighted by Crippen LogP contribution is -2.05. The van der Waals surface area contributed by atoms with Crippen LogP contribution in [0.2, 0.25) is 0 Å². The molecule has 0 atom stereocenters. The van der Waals surface area contributed by atoms with Gasteiger partial charge in [-0.3, -0.25) is 0 Å². The zero-order valence-electron chi connectivity index (χ0n) is 12.0. The van der Waals surface area contributed by atoms with Gasteiger partial charge in [0.05, 0.1) is 23.9 Å². The molecule has 0 unspecified atom stereocenters. The predicted octanol–water partition coefficient (Wildman–Crippen LogP) is 3.58. The molecule has 0 spiro atoms. The summed E-state index contributed by atoms with van der Waals surface area (Å²) < 4.78 is 15.5. The number of pyridine rings is 1. The van der Waals surface area contributed by atoms with Gasteiger partial charge in [0.25, 0.3) is 0 Å². The highest BCUT2D eigenvalue weighted by atomic mass is 19.1. The van der Waals surface area contributed by atoms with Crippen molar-refractivity contribution in [2.45, 2.75) is 25.8 Å². The third kappa shape index (κ3) is 1.98. The van der Waals surface area contributed by atoms with Crippen LogP contribution in [0.15, 0.2) is 36.4 Å². The largest absolute Gasteiger partial charge is 0.338 e. The molecule has 4 rings (SSSR count). The highest BCUT2D eigenvalue weighted by Gasteiger charge is 2.22. The topological polar surface area (TPSA) is 41.6 Å². The molecular formula is C18H14FN3. The third-order valence-electron chi connectivity index (χ3n) is 4.35. The maximum atomic E-state index is 13.3. The fourth-order valence-corrected chi connectivity index (χ4v) is 3.42. The van der Waals surface area contributed by atoms with Crippen LogP contribution >= 0.6 is 0 Å². The summed E-state index contributed by atoms with van der Waals surface area (Å²) in [6, 6.07) is 12.9. The van der Waals surface area contributed by atoms with Crippen molar-refractivity contribution in [1.82, 2.24) is 9.55 Å². The molecule has 0 saturated heterocycles. The smallest absolute Gasteiger partial charge is 0.213 e. The molecule has 1 aliphatic carbocycles. The first-order valence-corrected chi connectivity index (χ1v) is 7.42. The van der Waals surface area contributed by atoms with Gasteiger partial charge in [-0.1, -0.05) is 6.07 Å². The van der Waals surface area contributed by atoms with E-state index in [1.54, 1.807) is 6.07 Å². The van der Waals surface area contributed by atoms with Crippen molar-refractivity contribution in [3.63, 3.8) is 0 Å². The number of aryl methyl sites for hydroxylation is 1. The first kappa shape index (κ1) is 13.0. The van der Waals surface area contributed by atoms with Gasteiger partial charge in [-0.2, -0.15) is 9.65 Å². The number of halogens is 1. The van der Waals surface area contributed by atoms with E-state index < -0.39 is 5.95 Å². The SMILES string of the molecule is N#Cc1ccc2c(c1)c1c(n2Cc2cccc(F)n2)CCC1. The van der Waals surface area contributed by atoms with Gasteiger partial charge in [-0.05, 0) is 55.2 Å². The van der Waals surface area contributed by atoms with E-state index in [0.717, 1.165) is 35.9 Å². The molecule has 0 radical (unpaired) electrons. The molecule has 3 nitrogen and oxygen atoms in total. The maximum Gasteiger partial charge on any atom is 0.213 e. The monoisotopic (exact) mass is 291 g/mol. The molecule has 0 aliphatic heterocycles. The van der Waals surface area contributed by atoms with Crippen molar-refractivity contribution in [3.8, 4) is 6.07 Å². The predicted molar refractivity (Wildman–Crippen MR) is 82.0 cm³/mol. The fourth-order valence-electron chi connectivity index (χ4n) is 3.42. The molecule has 0 amide bonds. The fraction of sp³-hybridized carbons (Fsp3) is 0.222. The van der Waals surface area contributed by atoms with Gasteiger partial charge in [0, 0.05) is 16.6 Å². The van der Waals surface area contributed by atoms with Crippen LogP contribution in [-0.2, 0) is 19.4 Å². The van der Waals surface area contributed by atoms with Crippen molar-refractivity contribution >= 4 is 10.9 Å². The van der Waals surface area contributed by atoms with E-state index in [9.17, 15) is 4.39 Å². The summed E-state index contributed by atoms with van der Waals surface area (Å²) in [5.74, 6) is -0.447. The number of hydrogen-bond acceptors (Lipinski definition) is 2. The van der Waals surface area contributed by atoms with Crippen LogP contribution in [0.25, 0.3) is 10.9 Å². The molecule has 0 N–H and O–H groups in total. The molecular weight excluding hydrogens is 277 g/mol. The van der Waals surface area contributed by atoms with Crippen molar-refractivity contribution in [1.29, 1.82) is 5.26 Å². The van der Waals surface area contributed by atoms with Crippen molar-refractivity contribution in [2.75, 3.05) is 0 Å². The van der Waals surface area contributed by atoms with Crippen LogP contribution in [0.5, 0.6) is 0 Å². The minimum atomic E-state index is -0.447. The van der Waals surface area contributed by atoms with Crippen LogP contribution in [-0.4, -0.2) is 9.55 Å². The Morgan fingerprint density at radius 1 is 1.23 bits per heavy atom. The van der Waals surface area contributed by atoms with Crippen LogP contribution in [0.3, 0.4) is 0 Å². The second-order valence-electron chi connectivity index (χ2n) is 5.66. The number of rotatable bonds is 2. The summed E-state index contributed by atoms with van der Waals surface area (Å²) in [6.07, 6.45) is 3.21. The molecule has 2 heterocycles. The Balaban J connectivity index is 1.89. The summed E-state index contributed by atoms with van der Waals surface area (Å²) in [4.78, 5) is 3.97. The molecule has 0 fully saturated rings. The van der Waals surface area contributed by atoms with E-state index in [1.807, 2.05) is 24.3 Å². The van der Waals surface area contributed by atoms with Crippen molar-refractivity contribution in [2.24, 2.45) is 0 Å². The number of nitrogens with zero attached hydrogens (tertiary/aromatic N) is 3. The molecule has 22 heavy (non-hydrogen) atoms. The van der Waals surface area contributed by atoms with Gasteiger partial charge in [0.1, 0.15) is 0 Å². The summed E-state index contributed by atoms with van der Waals surface area (Å²) in [5.41, 5.74) is 5.15. The Hall–Kier alpha value is -2.67. The lowest BCUT2D eigenvalue weighted by Gasteiger charge is -2.09. The number of benzene rings is 1. The second-order valence-corrected chi connectivity index (χ2v) is 5.66. The minimum absolute atomic E-state index is 0.447. The van der Waals surface area contributed by atoms with E-state index in [1.165, 1.54) is 17.3 Å². The number of aromatic nitrogens is 2. The van der Waals surface area contributed by atoms with Gasteiger partial charge in [-0.15, -0.1) is 0 Å². The molecule has 1 aliphatic rings. The summed E-state index contributed by atoms with van der Waals surface area (Å²) in [6.45, 7) is 0.565. The number of fused-ring (bicyclic) bond motifs is 3. The first-order valence-electron chi connectivity index (χ1n) is 7.42. The minimum Gasteiger partial charge on any atom is -0.338 e. The Bertz CT molecular complexity index is 918. The molecule has 1 aromatic carbocycles. The average molecular weight is 291 g/mol. The Morgan fingerprint density at radius 2 is 2.14 bits per heavy atom. The Kier molecular flexibility index (Phi) is 2.93. The van der Waals surface area contributed by atoms with Crippen LogP contribution in [0, 0.1) is 17.3 Å². The molecule has 2 aromatic heterocycles. The average Bonchev–Trinajstić information content (AvgIpc) is 3.10.